The summed E-state index contributed by atoms with van der Waals surface area (Å²) in [6.45, 7) is 5.17. The van der Waals surface area contributed by atoms with Crippen LogP contribution >= 0.6 is 0 Å². The number of nitrogens with two attached hydrogens (primary N) is 1. The summed E-state index contributed by atoms with van der Waals surface area (Å²) in [5, 5.41) is 0. The third kappa shape index (κ3) is 1.93. The largest absolute Gasteiger partial charge is 0.345 e. The number of nitrogens with one attached hydrogen (secondary N) is 1. The van der Waals surface area contributed by atoms with Gasteiger partial charge in [0.15, 0.2) is 0 Å². The molecule has 3 heteroatoms. The van der Waals surface area contributed by atoms with Gasteiger partial charge in [-0.15, -0.1) is 0 Å². The van der Waals surface area contributed by atoms with Crippen LogP contribution in [0.2, 0.25) is 0 Å². The molecule has 1 fully saturated rings. The van der Waals surface area contributed by atoms with Crippen LogP contribution in [0, 0.1) is 6.92 Å². The minimum Gasteiger partial charge on any atom is -0.345 e. The maximum Gasteiger partial charge on any atom is 0.112 e. The van der Waals surface area contributed by atoms with Crippen molar-refractivity contribution in [3.63, 3.8) is 0 Å². The Morgan fingerprint density at radius 1 is 1.47 bits per heavy atom. The Balaban J connectivity index is 2.13. The number of nitrogens with zero attached hydrogens (tertiary/aromatic N) is 1. The molecule has 0 amide bonds. The summed E-state index contributed by atoms with van der Waals surface area (Å²) in [7, 11) is 0. The molecule has 0 atom stereocenters. The monoisotopic (exact) mass is 207 g/mol. The predicted molar refractivity (Wildman–Crippen MR) is 61.9 cm³/mol. The summed E-state index contributed by atoms with van der Waals surface area (Å²) in [4.78, 5) is 8.17. The van der Waals surface area contributed by atoms with E-state index in [1.807, 2.05) is 0 Å². The Bertz CT molecular complexity index is 337. The zero-order valence-corrected chi connectivity index (χ0v) is 9.77. The van der Waals surface area contributed by atoms with Gasteiger partial charge in [-0.05, 0) is 39.2 Å². The lowest BCUT2D eigenvalue weighted by Crippen LogP contribution is -2.31. The van der Waals surface area contributed by atoms with E-state index in [1.54, 1.807) is 0 Å². The first-order valence-electron chi connectivity index (χ1n) is 5.92. The number of hydrogen-bond donors (Lipinski definition) is 2. The van der Waals surface area contributed by atoms with Crippen molar-refractivity contribution < 1.29 is 0 Å². The molecule has 1 aliphatic rings. The second-order valence-electron chi connectivity index (χ2n) is 4.96. The molecule has 0 spiro atoms. The number of hydrogen-bond acceptors (Lipinski definition) is 2. The summed E-state index contributed by atoms with van der Waals surface area (Å²) in [5.41, 5.74) is 8.28. The van der Waals surface area contributed by atoms with E-state index in [0.717, 1.165) is 19.4 Å². The maximum absolute atomic E-state index is 5.52. The number of aryl methyl sites for hydroxylation is 2. The fourth-order valence-corrected chi connectivity index (χ4v) is 2.24. The van der Waals surface area contributed by atoms with Gasteiger partial charge in [-0.25, -0.2) is 4.98 Å². The first-order valence-corrected chi connectivity index (χ1v) is 5.92. The Labute approximate surface area is 91.5 Å². The third-order valence-corrected chi connectivity index (χ3v) is 3.63. The summed E-state index contributed by atoms with van der Waals surface area (Å²) in [6, 6.07) is 0. The van der Waals surface area contributed by atoms with Crippen LogP contribution in [0.3, 0.4) is 0 Å². The van der Waals surface area contributed by atoms with Crippen LogP contribution in [0.4, 0.5) is 0 Å². The van der Waals surface area contributed by atoms with Crippen LogP contribution in [-0.4, -0.2) is 16.5 Å². The molecular formula is C12H21N3. The standard InChI is InChI=1S/C12H21N3/c1-9-10(5-3-8-13)15-11(14-9)12(2)6-4-7-12/h3-8,13H2,1-2H3,(H,14,15). The Morgan fingerprint density at radius 3 is 2.73 bits per heavy atom. The van der Waals surface area contributed by atoms with Crippen molar-refractivity contribution in [2.45, 2.75) is 51.4 Å². The first-order chi connectivity index (χ1) is 7.15. The minimum atomic E-state index is 0.325. The molecule has 84 valence electrons. The zero-order chi connectivity index (χ0) is 10.9. The van der Waals surface area contributed by atoms with Crippen molar-refractivity contribution in [2.75, 3.05) is 6.54 Å². The van der Waals surface area contributed by atoms with Crippen LogP contribution in [-0.2, 0) is 11.8 Å². The van der Waals surface area contributed by atoms with E-state index in [1.165, 1.54) is 36.5 Å². The SMILES string of the molecule is Cc1[nH]c(C2(C)CCC2)nc1CCCN. The molecule has 1 aromatic heterocycles. The van der Waals surface area contributed by atoms with Crippen molar-refractivity contribution >= 4 is 0 Å². The fraction of sp³-hybridized carbons (Fsp3) is 0.750. The Kier molecular flexibility index (Phi) is 2.83. The van der Waals surface area contributed by atoms with Crippen molar-refractivity contribution in [3.05, 3.63) is 17.2 Å². The van der Waals surface area contributed by atoms with E-state index in [-0.39, 0.29) is 0 Å². The van der Waals surface area contributed by atoms with Crippen molar-refractivity contribution in [1.82, 2.24) is 9.97 Å². The quantitative estimate of drug-likeness (QED) is 0.794. The van der Waals surface area contributed by atoms with Gasteiger partial charge in [0, 0.05) is 11.1 Å². The van der Waals surface area contributed by atoms with Gasteiger partial charge in [0.2, 0.25) is 0 Å². The highest BCUT2D eigenvalue weighted by molar-refractivity contribution is 5.20. The highest BCUT2D eigenvalue weighted by Gasteiger charge is 2.36. The molecule has 1 heterocycles. The van der Waals surface area contributed by atoms with Gasteiger partial charge in [0.1, 0.15) is 5.82 Å². The molecule has 1 aromatic rings. The van der Waals surface area contributed by atoms with E-state index in [4.69, 9.17) is 10.7 Å². The molecule has 3 N–H and O–H groups in total. The highest BCUT2D eigenvalue weighted by Crippen LogP contribution is 2.41. The Morgan fingerprint density at radius 2 is 2.20 bits per heavy atom. The topological polar surface area (TPSA) is 54.7 Å². The van der Waals surface area contributed by atoms with Crippen LogP contribution in [0.15, 0.2) is 0 Å². The molecule has 1 saturated carbocycles. The third-order valence-electron chi connectivity index (χ3n) is 3.63. The van der Waals surface area contributed by atoms with E-state index >= 15 is 0 Å². The molecule has 0 aromatic carbocycles. The maximum atomic E-state index is 5.52. The molecular weight excluding hydrogens is 186 g/mol. The van der Waals surface area contributed by atoms with Gasteiger partial charge < -0.3 is 10.7 Å². The van der Waals surface area contributed by atoms with Crippen molar-refractivity contribution in [3.8, 4) is 0 Å². The number of aromatic amines is 1. The molecule has 1 aliphatic carbocycles. The summed E-state index contributed by atoms with van der Waals surface area (Å²) < 4.78 is 0. The lowest BCUT2D eigenvalue weighted by Gasteiger charge is -2.36. The lowest BCUT2D eigenvalue weighted by molar-refractivity contribution is 0.257. The highest BCUT2D eigenvalue weighted by atomic mass is 15.0. The van der Waals surface area contributed by atoms with Gasteiger partial charge >= 0.3 is 0 Å². The van der Waals surface area contributed by atoms with Crippen LogP contribution in [0.1, 0.15) is 49.8 Å². The molecule has 2 rings (SSSR count). The van der Waals surface area contributed by atoms with Crippen LogP contribution < -0.4 is 5.73 Å². The van der Waals surface area contributed by atoms with Gasteiger partial charge in [-0.1, -0.05) is 13.3 Å². The number of aromatic nitrogens is 2. The van der Waals surface area contributed by atoms with E-state index in [2.05, 4.69) is 18.8 Å². The normalized spacial score (nSPS) is 18.9. The number of rotatable bonds is 4. The average Bonchev–Trinajstić information content (AvgIpc) is 2.53. The minimum absolute atomic E-state index is 0.325. The molecule has 0 aliphatic heterocycles. The number of H-pyrrole nitrogens is 1. The first kappa shape index (κ1) is 10.7. The zero-order valence-electron chi connectivity index (χ0n) is 9.77. The van der Waals surface area contributed by atoms with Gasteiger partial charge in [0.25, 0.3) is 0 Å². The van der Waals surface area contributed by atoms with E-state index in [9.17, 15) is 0 Å². The van der Waals surface area contributed by atoms with Gasteiger partial charge in [-0.2, -0.15) is 0 Å². The molecule has 3 nitrogen and oxygen atoms in total. The lowest BCUT2D eigenvalue weighted by atomic mass is 9.70. The van der Waals surface area contributed by atoms with Crippen LogP contribution in [0.5, 0.6) is 0 Å². The summed E-state index contributed by atoms with van der Waals surface area (Å²) in [6.07, 6.45) is 5.93. The van der Waals surface area contributed by atoms with Gasteiger partial charge in [-0.3, -0.25) is 0 Å². The molecule has 0 saturated heterocycles. The van der Waals surface area contributed by atoms with E-state index in [0.29, 0.717) is 5.41 Å². The summed E-state index contributed by atoms with van der Waals surface area (Å²) >= 11 is 0. The second kappa shape index (κ2) is 3.97. The van der Waals surface area contributed by atoms with Crippen LogP contribution in [0.25, 0.3) is 0 Å². The average molecular weight is 207 g/mol. The van der Waals surface area contributed by atoms with Crippen molar-refractivity contribution in [2.24, 2.45) is 5.73 Å². The molecule has 0 radical (unpaired) electrons. The molecule has 15 heavy (non-hydrogen) atoms. The van der Waals surface area contributed by atoms with Crippen molar-refractivity contribution in [1.29, 1.82) is 0 Å². The predicted octanol–water partition coefficient (Wildman–Crippen LogP) is 2.05. The fourth-order valence-electron chi connectivity index (χ4n) is 2.24. The number of imidazole rings is 1. The molecule has 0 bridgehead atoms. The van der Waals surface area contributed by atoms with Gasteiger partial charge in [0.05, 0.1) is 5.69 Å². The van der Waals surface area contributed by atoms with E-state index < -0.39 is 0 Å². The molecule has 0 unspecified atom stereocenters. The smallest absolute Gasteiger partial charge is 0.112 e. The Hall–Kier alpha value is -0.830. The second-order valence-corrected chi connectivity index (χ2v) is 4.96. The summed E-state index contributed by atoms with van der Waals surface area (Å²) in [5.74, 6) is 1.19.